The molecule has 0 spiro atoms. The molecule has 0 atom stereocenters. The van der Waals surface area contributed by atoms with Crippen molar-refractivity contribution in [2.24, 2.45) is 5.92 Å². The zero-order chi connectivity index (χ0) is 24.7. The molecule has 1 aliphatic heterocycles. The average Bonchev–Trinajstić information content (AvgIpc) is 2.86. The fraction of sp³-hybridized carbons (Fsp3) is 0.440. The number of amides is 1. The molecule has 1 heterocycles. The lowest BCUT2D eigenvalue weighted by atomic mass is 9.96. The second-order valence-corrected chi connectivity index (χ2v) is 10.7. The number of carbonyl (C=O) groups excluding carboxylic acids is 1. The van der Waals surface area contributed by atoms with Crippen LogP contribution in [0.5, 0.6) is 5.75 Å². The first-order valence-corrected chi connectivity index (χ1v) is 12.8. The second kappa shape index (κ2) is 11.5. The monoisotopic (exact) mass is 484 g/mol. The Hall–Kier alpha value is -2.93. The quantitative estimate of drug-likeness (QED) is 0.543. The third-order valence-electron chi connectivity index (χ3n) is 6.09. The SMILES string of the molecule is COc1ccc(S(=O)(=O)N2CCC(C(=O)N(CCN(C)C)Cc3ccc(C#N)cc3)CC2)cc1. The Morgan fingerprint density at radius 3 is 2.21 bits per heavy atom. The molecule has 3 rings (SSSR count). The normalized spacial score (nSPS) is 15.1. The maximum absolute atomic E-state index is 13.4. The van der Waals surface area contributed by atoms with Crippen LogP contribution in [-0.2, 0) is 21.4 Å². The summed E-state index contributed by atoms with van der Waals surface area (Å²) in [5.41, 5.74) is 1.55. The summed E-state index contributed by atoms with van der Waals surface area (Å²) in [5.74, 6) is 0.430. The highest BCUT2D eigenvalue weighted by atomic mass is 32.2. The van der Waals surface area contributed by atoms with Gasteiger partial charge in [-0.05, 0) is 68.9 Å². The highest BCUT2D eigenvalue weighted by Crippen LogP contribution is 2.26. The Morgan fingerprint density at radius 1 is 1.06 bits per heavy atom. The van der Waals surface area contributed by atoms with Gasteiger partial charge >= 0.3 is 0 Å². The molecule has 1 saturated heterocycles. The van der Waals surface area contributed by atoms with Crippen molar-refractivity contribution < 1.29 is 17.9 Å². The number of carbonyl (C=O) groups is 1. The summed E-state index contributed by atoms with van der Waals surface area (Å²) in [6, 6.07) is 15.7. The molecule has 182 valence electrons. The Balaban J connectivity index is 1.66. The number of sulfonamides is 1. The van der Waals surface area contributed by atoms with Crippen LogP contribution in [-0.4, -0.2) is 75.8 Å². The number of nitriles is 1. The molecule has 2 aromatic rings. The van der Waals surface area contributed by atoms with Gasteiger partial charge in [-0.15, -0.1) is 0 Å². The van der Waals surface area contributed by atoms with E-state index < -0.39 is 10.0 Å². The van der Waals surface area contributed by atoms with Crippen LogP contribution in [0.15, 0.2) is 53.4 Å². The number of likely N-dealkylation sites (N-methyl/N-ethyl adjacent to an activating group) is 1. The fourth-order valence-corrected chi connectivity index (χ4v) is 5.46. The van der Waals surface area contributed by atoms with Crippen LogP contribution >= 0.6 is 0 Å². The van der Waals surface area contributed by atoms with E-state index in [0.717, 1.165) is 12.1 Å². The molecule has 9 heteroatoms. The van der Waals surface area contributed by atoms with Crippen LogP contribution in [0.4, 0.5) is 0 Å². The minimum absolute atomic E-state index is 0.0488. The predicted molar refractivity (Wildman–Crippen MR) is 130 cm³/mol. The Kier molecular flexibility index (Phi) is 8.67. The standard InChI is InChI=1S/C25H32N4O4S/c1-27(2)16-17-28(19-21-6-4-20(18-26)5-7-21)25(30)22-12-14-29(15-13-22)34(31,32)24-10-8-23(33-3)9-11-24/h4-11,22H,12-17,19H2,1-3H3. The summed E-state index contributed by atoms with van der Waals surface area (Å²) in [4.78, 5) is 17.5. The van der Waals surface area contributed by atoms with Crippen molar-refractivity contribution in [3.63, 3.8) is 0 Å². The lowest BCUT2D eigenvalue weighted by Gasteiger charge is -2.34. The fourth-order valence-electron chi connectivity index (χ4n) is 3.99. The van der Waals surface area contributed by atoms with Crippen molar-refractivity contribution in [1.29, 1.82) is 5.26 Å². The van der Waals surface area contributed by atoms with E-state index in [1.54, 1.807) is 36.4 Å². The molecule has 1 amide bonds. The molecule has 0 aromatic heterocycles. The van der Waals surface area contributed by atoms with E-state index in [1.165, 1.54) is 11.4 Å². The second-order valence-electron chi connectivity index (χ2n) is 8.73. The van der Waals surface area contributed by atoms with Gasteiger partial charge in [0, 0.05) is 38.6 Å². The van der Waals surface area contributed by atoms with Crippen molar-refractivity contribution in [1.82, 2.24) is 14.1 Å². The first-order valence-electron chi connectivity index (χ1n) is 11.3. The number of benzene rings is 2. The van der Waals surface area contributed by atoms with Crippen molar-refractivity contribution >= 4 is 15.9 Å². The Labute approximate surface area is 202 Å². The molecular weight excluding hydrogens is 452 g/mol. The maximum atomic E-state index is 13.4. The van der Waals surface area contributed by atoms with Gasteiger partial charge < -0.3 is 14.5 Å². The molecule has 0 saturated carbocycles. The van der Waals surface area contributed by atoms with Crippen molar-refractivity contribution in [3.05, 3.63) is 59.7 Å². The largest absolute Gasteiger partial charge is 0.497 e. The molecule has 0 radical (unpaired) electrons. The van der Waals surface area contributed by atoms with E-state index >= 15 is 0 Å². The summed E-state index contributed by atoms with van der Waals surface area (Å²) < 4.78 is 32.6. The van der Waals surface area contributed by atoms with Gasteiger partial charge in [0.25, 0.3) is 0 Å². The highest BCUT2D eigenvalue weighted by molar-refractivity contribution is 7.89. The van der Waals surface area contributed by atoms with Crippen LogP contribution in [0.2, 0.25) is 0 Å². The van der Waals surface area contributed by atoms with Gasteiger partial charge in [0.2, 0.25) is 15.9 Å². The third kappa shape index (κ3) is 6.35. The molecule has 0 aliphatic carbocycles. The maximum Gasteiger partial charge on any atom is 0.243 e. The number of hydrogen-bond acceptors (Lipinski definition) is 6. The van der Waals surface area contributed by atoms with E-state index in [-0.39, 0.29) is 16.7 Å². The van der Waals surface area contributed by atoms with Crippen LogP contribution < -0.4 is 4.74 Å². The molecule has 0 unspecified atom stereocenters. The third-order valence-corrected chi connectivity index (χ3v) is 8.00. The topological polar surface area (TPSA) is 93.9 Å². The first-order chi connectivity index (χ1) is 16.2. The summed E-state index contributed by atoms with van der Waals surface area (Å²) in [6.07, 6.45) is 0.972. The highest BCUT2D eigenvalue weighted by Gasteiger charge is 2.34. The summed E-state index contributed by atoms with van der Waals surface area (Å²) in [6.45, 7) is 2.39. The van der Waals surface area contributed by atoms with Crippen LogP contribution in [0.1, 0.15) is 24.0 Å². The summed E-state index contributed by atoms with van der Waals surface area (Å²) in [5, 5.41) is 9.02. The predicted octanol–water partition coefficient (Wildman–Crippen LogP) is 2.56. The van der Waals surface area contributed by atoms with Gasteiger partial charge in [-0.2, -0.15) is 9.57 Å². The van der Waals surface area contributed by atoms with Gasteiger partial charge in [0.15, 0.2) is 0 Å². The van der Waals surface area contributed by atoms with Gasteiger partial charge in [-0.1, -0.05) is 12.1 Å². The van der Waals surface area contributed by atoms with Crippen LogP contribution in [0.25, 0.3) is 0 Å². The van der Waals surface area contributed by atoms with E-state index in [9.17, 15) is 13.2 Å². The molecular formula is C25H32N4O4S. The molecule has 1 aliphatic rings. The molecule has 0 bridgehead atoms. The minimum atomic E-state index is -3.61. The van der Waals surface area contributed by atoms with Gasteiger partial charge in [0.1, 0.15) is 5.75 Å². The number of rotatable bonds is 9. The molecule has 0 N–H and O–H groups in total. The number of hydrogen-bond donors (Lipinski definition) is 0. The van der Waals surface area contributed by atoms with Crippen LogP contribution in [0.3, 0.4) is 0 Å². The zero-order valence-electron chi connectivity index (χ0n) is 20.0. The molecule has 34 heavy (non-hydrogen) atoms. The summed E-state index contributed by atoms with van der Waals surface area (Å²) >= 11 is 0. The minimum Gasteiger partial charge on any atom is -0.497 e. The molecule has 2 aromatic carbocycles. The van der Waals surface area contributed by atoms with Crippen molar-refractivity contribution in [2.45, 2.75) is 24.3 Å². The first kappa shape index (κ1) is 25.7. The lowest BCUT2D eigenvalue weighted by Crippen LogP contribution is -2.45. The molecule has 8 nitrogen and oxygen atoms in total. The van der Waals surface area contributed by atoms with Gasteiger partial charge in [0.05, 0.1) is 23.6 Å². The van der Waals surface area contributed by atoms with Crippen LogP contribution in [0, 0.1) is 17.2 Å². The smallest absolute Gasteiger partial charge is 0.243 e. The Morgan fingerprint density at radius 2 is 1.68 bits per heavy atom. The average molecular weight is 485 g/mol. The van der Waals surface area contributed by atoms with Gasteiger partial charge in [-0.3, -0.25) is 4.79 Å². The molecule has 1 fully saturated rings. The van der Waals surface area contributed by atoms with Crippen molar-refractivity contribution in [2.75, 3.05) is 47.4 Å². The van der Waals surface area contributed by atoms with E-state index in [1.807, 2.05) is 36.0 Å². The number of methoxy groups -OCH3 is 1. The number of ether oxygens (including phenoxy) is 1. The summed E-state index contributed by atoms with van der Waals surface area (Å²) in [7, 11) is 1.85. The number of nitrogens with zero attached hydrogens (tertiary/aromatic N) is 4. The van der Waals surface area contributed by atoms with Gasteiger partial charge in [-0.25, -0.2) is 8.42 Å². The zero-order valence-corrected chi connectivity index (χ0v) is 20.8. The number of piperidine rings is 1. The Bertz CT molecular complexity index is 1100. The lowest BCUT2D eigenvalue weighted by molar-refractivity contribution is -0.137. The van der Waals surface area contributed by atoms with Crippen molar-refractivity contribution in [3.8, 4) is 11.8 Å². The van der Waals surface area contributed by atoms with E-state index in [2.05, 4.69) is 6.07 Å². The van der Waals surface area contributed by atoms with E-state index in [4.69, 9.17) is 10.00 Å². The van der Waals surface area contributed by atoms with E-state index in [0.29, 0.717) is 50.3 Å².